The lowest BCUT2D eigenvalue weighted by Gasteiger charge is -2.33. The summed E-state index contributed by atoms with van der Waals surface area (Å²) in [5.41, 5.74) is 7.36. The fourth-order valence-corrected chi connectivity index (χ4v) is 2.04. The number of hydrogen-bond acceptors (Lipinski definition) is 3. The number of hydrogen-bond donors (Lipinski definition) is 1. The van der Waals surface area contributed by atoms with Gasteiger partial charge in [0.1, 0.15) is 6.04 Å². The lowest BCUT2D eigenvalue weighted by molar-refractivity contribution is -0.133. The molecule has 0 saturated heterocycles. The van der Waals surface area contributed by atoms with Gasteiger partial charge >= 0.3 is 0 Å². The molecule has 1 aliphatic heterocycles. The molecule has 0 aliphatic carbocycles. The van der Waals surface area contributed by atoms with Crippen LogP contribution in [-0.2, 0) is 9.53 Å². The van der Waals surface area contributed by atoms with Crippen molar-refractivity contribution in [1.82, 2.24) is 4.90 Å². The summed E-state index contributed by atoms with van der Waals surface area (Å²) in [5.74, 6) is -0.0175. The van der Waals surface area contributed by atoms with Crippen LogP contribution < -0.4 is 5.73 Å². The fraction of sp³-hybridized carbons (Fsp3) is 0.769. The lowest BCUT2D eigenvalue weighted by atomic mass is 9.83. The Labute approximate surface area is 104 Å². The van der Waals surface area contributed by atoms with Crippen LogP contribution in [0.2, 0.25) is 0 Å². The quantitative estimate of drug-likeness (QED) is 0.753. The van der Waals surface area contributed by atoms with E-state index >= 15 is 0 Å². The molecule has 1 aliphatic rings. The normalized spacial score (nSPS) is 18.9. The first-order valence-electron chi connectivity index (χ1n) is 6.09. The van der Waals surface area contributed by atoms with Gasteiger partial charge in [0.05, 0.1) is 6.61 Å². The minimum atomic E-state index is -0.537. The van der Waals surface area contributed by atoms with E-state index < -0.39 is 6.04 Å². The van der Waals surface area contributed by atoms with Crippen molar-refractivity contribution in [3.8, 4) is 0 Å². The van der Waals surface area contributed by atoms with Crippen molar-refractivity contribution in [1.29, 1.82) is 0 Å². The summed E-state index contributed by atoms with van der Waals surface area (Å²) in [6.45, 7) is 8.32. The SMILES string of the molecule is COCC(N)C(=O)N1CC=C(C(C)(C)C)CC1. The molecule has 4 heteroatoms. The Morgan fingerprint density at radius 1 is 1.59 bits per heavy atom. The van der Waals surface area contributed by atoms with E-state index in [1.54, 1.807) is 12.0 Å². The number of rotatable bonds is 3. The zero-order chi connectivity index (χ0) is 13.1. The largest absolute Gasteiger partial charge is 0.383 e. The Morgan fingerprint density at radius 3 is 2.65 bits per heavy atom. The average Bonchev–Trinajstić information content (AvgIpc) is 2.27. The zero-order valence-corrected chi connectivity index (χ0v) is 11.3. The number of methoxy groups -OCH3 is 1. The minimum Gasteiger partial charge on any atom is -0.383 e. The Hall–Kier alpha value is -0.870. The van der Waals surface area contributed by atoms with Gasteiger partial charge in [0, 0.05) is 20.2 Å². The number of carbonyl (C=O) groups is 1. The minimum absolute atomic E-state index is 0.0175. The van der Waals surface area contributed by atoms with Crippen LogP contribution in [0.15, 0.2) is 11.6 Å². The smallest absolute Gasteiger partial charge is 0.242 e. The topological polar surface area (TPSA) is 55.6 Å². The van der Waals surface area contributed by atoms with Crippen molar-refractivity contribution in [2.45, 2.75) is 33.2 Å². The van der Waals surface area contributed by atoms with Crippen molar-refractivity contribution in [3.63, 3.8) is 0 Å². The first-order chi connectivity index (χ1) is 7.86. The average molecular weight is 240 g/mol. The van der Waals surface area contributed by atoms with Crippen molar-refractivity contribution in [2.24, 2.45) is 11.1 Å². The third kappa shape index (κ3) is 3.82. The van der Waals surface area contributed by atoms with E-state index in [4.69, 9.17) is 10.5 Å². The molecule has 1 rings (SSSR count). The van der Waals surface area contributed by atoms with Crippen molar-refractivity contribution < 1.29 is 9.53 Å². The molecule has 0 aromatic heterocycles. The van der Waals surface area contributed by atoms with Crippen molar-refractivity contribution in [3.05, 3.63) is 11.6 Å². The van der Waals surface area contributed by atoms with Crippen LogP contribution in [0.5, 0.6) is 0 Å². The molecule has 1 heterocycles. The summed E-state index contributed by atoms with van der Waals surface area (Å²) in [4.78, 5) is 13.7. The van der Waals surface area contributed by atoms with Gasteiger partial charge in [0.15, 0.2) is 0 Å². The van der Waals surface area contributed by atoms with E-state index in [0.29, 0.717) is 6.54 Å². The molecule has 2 N–H and O–H groups in total. The van der Waals surface area contributed by atoms with E-state index in [-0.39, 0.29) is 17.9 Å². The zero-order valence-electron chi connectivity index (χ0n) is 11.3. The highest BCUT2D eigenvalue weighted by atomic mass is 16.5. The van der Waals surface area contributed by atoms with Gasteiger partial charge in [-0.2, -0.15) is 0 Å². The second-order valence-electron chi connectivity index (χ2n) is 5.58. The molecule has 98 valence electrons. The lowest BCUT2D eigenvalue weighted by Crippen LogP contribution is -2.47. The Balaban J connectivity index is 2.57. The highest BCUT2D eigenvalue weighted by Crippen LogP contribution is 2.30. The van der Waals surface area contributed by atoms with Crippen LogP contribution in [0.25, 0.3) is 0 Å². The summed E-state index contributed by atoms with van der Waals surface area (Å²) in [7, 11) is 1.56. The summed E-state index contributed by atoms with van der Waals surface area (Å²) in [6.07, 6.45) is 3.09. The number of amides is 1. The number of ether oxygens (including phenoxy) is 1. The predicted molar refractivity (Wildman–Crippen MR) is 68.6 cm³/mol. The standard InChI is InChI=1S/C13H24N2O2/c1-13(2,3)10-5-7-15(8-6-10)12(16)11(14)9-17-4/h5,11H,6-9,14H2,1-4H3. The number of carbonyl (C=O) groups excluding carboxylic acids is 1. The summed E-state index contributed by atoms with van der Waals surface area (Å²) >= 11 is 0. The molecular weight excluding hydrogens is 216 g/mol. The van der Waals surface area contributed by atoms with E-state index in [0.717, 1.165) is 13.0 Å². The van der Waals surface area contributed by atoms with Gasteiger partial charge in [-0.25, -0.2) is 0 Å². The summed E-state index contributed by atoms with van der Waals surface area (Å²) < 4.78 is 4.90. The summed E-state index contributed by atoms with van der Waals surface area (Å²) in [6, 6.07) is -0.537. The highest BCUT2D eigenvalue weighted by molar-refractivity contribution is 5.82. The molecule has 0 fully saturated rings. The summed E-state index contributed by atoms with van der Waals surface area (Å²) in [5, 5.41) is 0. The molecule has 0 spiro atoms. The molecule has 1 amide bonds. The van der Waals surface area contributed by atoms with Gasteiger partial charge in [0.2, 0.25) is 5.91 Å². The Bertz CT molecular complexity index is 305. The maximum absolute atomic E-state index is 11.9. The molecule has 1 atom stereocenters. The number of nitrogens with two attached hydrogens (primary N) is 1. The molecule has 0 saturated carbocycles. The number of nitrogens with zero attached hydrogens (tertiary/aromatic N) is 1. The van der Waals surface area contributed by atoms with Gasteiger partial charge in [0.25, 0.3) is 0 Å². The first-order valence-corrected chi connectivity index (χ1v) is 6.09. The molecule has 17 heavy (non-hydrogen) atoms. The maximum Gasteiger partial charge on any atom is 0.242 e. The van der Waals surface area contributed by atoms with Crippen LogP contribution in [-0.4, -0.2) is 43.7 Å². The molecule has 0 radical (unpaired) electrons. The van der Waals surface area contributed by atoms with Crippen LogP contribution in [0.3, 0.4) is 0 Å². The van der Waals surface area contributed by atoms with Gasteiger partial charge < -0.3 is 15.4 Å². The Morgan fingerprint density at radius 2 is 2.24 bits per heavy atom. The van der Waals surface area contributed by atoms with E-state index in [2.05, 4.69) is 26.8 Å². The molecular formula is C13H24N2O2. The van der Waals surface area contributed by atoms with Crippen LogP contribution >= 0.6 is 0 Å². The van der Waals surface area contributed by atoms with Crippen LogP contribution in [0.1, 0.15) is 27.2 Å². The van der Waals surface area contributed by atoms with E-state index in [9.17, 15) is 4.79 Å². The van der Waals surface area contributed by atoms with E-state index in [1.165, 1.54) is 5.57 Å². The van der Waals surface area contributed by atoms with Gasteiger partial charge in [-0.1, -0.05) is 32.4 Å². The molecule has 4 nitrogen and oxygen atoms in total. The van der Waals surface area contributed by atoms with Gasteiger partial charge in [-0.3, -0.25) is 4.79 Å². The van der Waals surface area contributed by atoms with Gasteiger partial charge in [-0.05, 0) is 11.8 Å². The third-order valence-corrected chi connectivity index (χ3v) is 3.15. The molecule has 0 aromatic rings. The maximum atomic E-state index is 11.9. The molecule has 0 bridgehead atoms. The van der Waals surface area contributed by atoms with Gasteiger partial charge in [-0.15, -0.1) is 0 Å². The molecule has 0 aromatic carbocycles. The van der Waals surface area contributed by atoms with E-state index in [1.807, 2.05) is 0 Å². The highest BCUT2D eigenvalue weighted by Gasteiger charge is 2.26. The molecule has 1 unspecified atom stereocenters. The second-order valence-corrected chi connectivity index (χ2v) is 5.58. The Kier molecular flexibility index (Phi) is 4.71. The van der Waals surface area contributed by atoms with Crippen LogP contribution in [0, 0.1) is 5.41 Å². The predicted octanol–water partition coefficient (Wildman–Crippen LogP) is 1.16. The third-order valence-electron chi connectivity index (χ3n) is 3.15. The van der Waals surface area contributed by atoms with Crippen molar-refractivity contribution >= 4 is 5.91 Å². The first kappa shape index (κ1) is 14.2. The second kappa shape index (κ2) is 5.65. The fourth-order valence-electron chi connectivity index (χ4n) is 2.04. The van der Waals surface area contributed by atoms with Crippen molar-refractivity contribution in [2.75, 3.05) is 26.8 Å². The monoisotopic (exact) mass is 240 g/mol. The van der Waals surface area contributed by atoms with Crippen LogP contribution in [0.4, 0.5) is 0 Å².